The Morgan fingerprint density at radius 1 is 1.21 bits per heavy atom. The van der Waals surface area contributed by atoms with Crippen molar-refractivity contribution in [1.29, 1.82) is 0 Å². The highest BCUT2D eigenvalue weighted by molar-refractivity contribution is 9.10. The average Bonchev–Trinajstić information content (AvgIpc) is 2.71. The Morgan fingerprint density at radius 2 is 1.95 bits per heavy atom. The van der Waals surface area contributed by atoms with Crippen LogP contribution in [0.25, 0.3) is 0 Å². The van der Waals surface area contributed by atoms with Crippen molar-refractivity contribution in [3.05, 3.63) is 39.6 Å². The monoisotopic (exact) mass is 323 g/mol. The summed E-state index contributed by atoms with van der Waals surface area (Å²) >= 11 is 3.19. The summed E-state index contributed by atoms with van der Waals surface area (Å²) in [5.41, 5.74) is 1.74. The number of hydrogen-bond donors (Lipinski definition) is 0. The highest BCUT2D eigenvalue weighted by Crippen LogP contribution is 2.33. The van der Waals surface area contributed by atoms with Gasteiger partial charge in [0.1, 0.15) is 11.5 Å². The predicted molar refractivity (Wildman–Crippen MR) is 72.8 cm³/mol. The highest BCUT2D eigenvalue weighted by atomic mass is 79.9. The first-order valence-electron chi connectivity index (χ1n) is 6.13. The van der Waals surface area contributed by atoms with Gasteiger partial charge >= 0.3 is 5.97 Å². The molecular weight excluding hydrogens is 313 g/mol. The number of nitrogens with zero attached hydrogens (tertiary/aromatic N) is 1. The number of aliphatic imine (C=N–C) groups is 1. The van der Waals surface area contributed by atoms with Crippen LogP contribution in [0.4, 0.5) is 10.1 Å². The third kappa shape index (κ3) is 2.34. The maximum absolute atomic E-state index is 13.7. The van der Waals surface area contributed by atoms with E-state index in [9.17, 15) is 9.18 Å². The number of esters is 1. The molecule has 0 spiro atoms. The standard InChI is InChI=1S/C14H11BrFNO2/c15-8-5-6-12(11(16)7-8)17-13-9-3-1-2-4-10(9)14(18)19-13/h5-7H,1-4H2. The van der Waals surface area contributed by atoms with Gasteiger partial charge in [0, 0.05) is 15.6 Å². The van der Waals surface area contributed by atoms with Gasteiger partial charge in [-0.2, -0.15) is 0 Å². The second kappa shape index (κ2) is 4.89. The fourth-order valence-corrected chi connectivity index (χ4v) is 2.68. The summed E-state index contributed by atoms with van der Waals surface area (Å²) in [6.07, 6.45) is 3.51. The van der Waals surface area contributed by atoms with Gasteiger partial charge in [0.15, 0.2) is 0 Å². The maximum atomic E-state index is 13.7. The lowest BCUT2D eigenvalue weighted by atomic mass is 9.93. The van der Waals surface area contributed by atoms with Crippen LogP contribution in [-0.2, 0) is 9.53 Å². The summed E-state index contributed by atoms with van der Waals surface area (Å²) in [4.78, 5) is 15.8. The summed E-state index contributed by atoms with van der Waals surface area (Å²) in [7, 11) is 0. The van der Waals surface area contributed by atoms with E-state index < -0.39 is 5.82 Å². The second-order valence-corrected chi connectivity index (χ2v) is 5.48. The van der Waals surface area contributed by atoms with Crippen LogP contribution >= 0.6 is 15.9 Å². The van der Waals surface area contributed by atoms with Crippen molar-refractivity contribution < 1.29 is 13.9 Å². The van der Waals surface area contributed by atoms with Gasteiger partial charge in [0.05, 0.1) is 0 Å². The molecule has 3 nitrogen and oxygen atoms in total. The number of hydrogen-bond acceptors (Lipinski definition) is 3. The predicted octanol–water partition coefficient (Wildman–Crippen LogP) is 4.05. The maximum Gasteiger partial charge on any atom is 0.341 e. The van der Waals surface area contributed by atoms with Gasteiger partial charge < -0.3 is 4.74 Å². The van der Waals surface area contributed by atoms with Crippen LogP contribution in [0.3, 0.4) is 0 Å². The number of carbonyl (C=O) groups is 1. The molecule has 0 unspecified atom stereocenters. The van der Waals surface area contributed by atoms with E-state index in [1.165, 1.54) is 6.07 Å². The van der Waals surface area contributed by atoms with Crippen LogP contribution in [-0.4, -0.2) is 11.9 Å². The molecule has 0 saturated carbocycles. The molecule has 0 radical (unpaired) electrons. The first-order chi connectivity index (χ1) is 9.15. The molecule has 1 aromatic rings. The quantitative estimate of drug-likeness (QED) is 0.731. The highest BCUT2D eigenvalue weighted by Gasteiger charge is 2.32. The Morgan fingerprint density at radius 3 is 2.68 bits per heavy atom. The molecule has 1 aromatic carbocycles. The van der Waals surface area contributed by atoms with Gasteiger partial charge in [0.2, 0.25) is 5.90 Å². The number of rotatable bonds is 1. The molecule has 0 amide bonds. The summed E-state index contributed by atoms with van der Waals surface area (Å²) in [5, 5.41) is 0. The zero-order chi connectivity index (χ0) is 13.4. The van der Waals surface area contributed by atoms with Gasteiger partial charge in [0.25, 0.3) is 0 Å². The van der Waals surface area contributed by atoms with Crippen molar-refractivity contribution >= 4 is 33.5 Å². The second-order valence-electron chi connectivity index (χ2n) is 4.57. The molecule has 0 aromatic heterocycles. The molecule has 1 aliphatic heterocycles. The van der Waals surface area contributed by atoms with Crippen LogP contribution in [0.2, 0.25) is 0 Å². The molecule has 5 heteroatoms. The van der Waals surface area contributed by atoms with E-state index in [0.717, 1.165) is 31.3 Å². The lowest BCUT2D eigenvalue weighted by Crippen LogP contribution is -2.03. The van der Waals surface area contributed by atoms with Gasteiger partial charge in [-0.25, -0.2) is 14.2 Å². The third-order valence-corrected chi connectivity index (χ3v) is 3.79. The molecule has 1 aliphatic carbocycles. The molecule has 0 N–H and O–H groups in total. The minimum Gasteiger partial charge on any atom is -0.404 e. The number of ether oxygens (including phenoxy) is 1. The minimum atomic E-state index is -0.442. The summed E-state index contributed by atoms with van der Waals surface area (Å²) in [6.45, 7) is 0. The van der Waals surface area contributed by atoms with Crippen LogP contribution in [0.15, 0.2) is 38.8 Å². The Kier molecular flexibility index (Phi) is 3.22. The SMILES string of the molecule is O=C1OC(=Nc2ccc(Br)cc2F)C2=C1CCCC2. The molecule has 0 bridgehead atoms. The molecule has 1 heterocycles. The van der Waals surface area contributed by atoms with Crippen LogP contribution < -0.4 is 0 Å². The first-order valence-corrected chi connectivity index (χ1v) is 6.93. The number of carbonyl (C=O) groups excluding carboxylic acids is 1. The van der Waals surface area contributed by atoms with Crippen molar-refractivity contribution in [2.45, 2.75) is 25.7 Å². The molecular formula is C14H11BrFNO2. The summed E-state index contributed by atoms with van der Waals surface area (Å²) in [6, 6.07) is 4.60. The van der Waals surface area contributed by atoms with E-state index in [4.69, 9.17) is 4.74 Å². The summed E-state index contributed by atoms with van der Waals surface area (Å²) in [5.74, 6) is -0.505. The van der Waals surface area contributed by atoms with Crippen molar-refractivity contribution in [2.75, 3.05) is 0 Å². The number of cyclic esters (lactones) is 1. The fraction of sp³-hybridized carbons (Fsp3) is 0.286. The molecule has 2 aliphatic rings. The Bertz CT molecular complexity index is 622. The molecule has 19 heavy (non-hydrogen) atoms. The van der Waals surface area contributed by atoms with Gasteiger partial charge in [-0.1, -0.05) is 15.9 Å². The van der Waals surface area contributed by atoms with E-state index in [1.807, 2.05) is 0 Å². The van der Waals surface area contributed by atoms with Crippen molar-refractivity contribution in [2.24, 2.45) is 4.99 Å². The number of benzene rings is 1. The Balaban J connectivity index is 2.00. The van der Waals surface area contributed by atoms with Crippen LogP contribution in [0, 0.1) is 5.82 Å². The molecule has 0 saturated heterocycles. The van der Waals surface area contributed by atoms with E-state index in [1.54, 1.807) is 12.1 Å². The Hall–Kier alpha value is -1.49. The number of halogens is 2. The first kappa shape index (κ1) is 12.5. The van der Waals surface area contributed by atoms with Crippen LogP contribution in [0.5, 0.6) is 0 Å². The van der Waals surface area contributed by atoms with Crippen molar-refractivity contribution in [1.82, 2.24) is 0 Å². The zero-order valence-electron chi connectivity index (χ0n) is 10.1. The lowest BCUT2D eigenvalue weighted by Gasteiger charge is -2.09. The fourth-order valence-electron chi connectivity index (χ4n) is 2.35. The molecule has 0 fully saturated rings. The van der Waals surface area contributed by atoms with E-state index >= 15 is 0 Å². The smallest absolute Gasteiger partial charge is 0.341 e. The molecule has 3 rings (SSSR count). The molecule has 98 valence electrons. The Labute approximate surface area is 118 Å². The normalized spacial score (nSPS) is 20.7. The van der Waals surface area contributed by atoms with Crippen molar-refractivity contribution in [3.8, 4) is 0 Å². The van der Waals surface area contributed by atoms with Crippen LogP contribution in [0.1, 0.15) is 25.7 Å². The topological polar surface area (TPSA) is 38.7 Å². The zero-order valence-corrected chi connectivity index (χ0v) is 11.7. The average molecular weight is 324 g/mol. The van der Waals surface area contributed by atoms with E-state index in [0.29, 0.717) is 10.0 Å². The van der Waals surface area contributed by atoms with E-state index in [2.05, 4.69) is 20.9 Å². The van der Waals surface area contributed by atoms with Gasteiger partial charge in [-0.15, -0.1) is 0 Å². The van der Waals surface area contributed by atoms with E-state index in [-0.39, 0.29) is 17.6 Å². The lowest BCUT2D eigenvalue weighted by molar-refractivity contribution is -0.130. The van der Waals surface area contributed by atoms with Gasteiger partial charge in [-0.3, -0.25) is 0 Å². The van der Waals surface area contributed by atoms with Gasteiger partial charge in [-0.05, 0) is 43.9 Å². The summed E-state index contributed by atoms with van der Waals surface area (Å²) < 4.78 is 19.5. The third-order valence-electron chi connectivity index (χ3n) is 3.29. The van der Waals surface area contributed by atoms with Crippen molar-refractivity contribution in [3.63, 3.8) is 0 Å². The minimum absolute atomic E-state index is 0.185. The molecule has 0 atom stereocenters. The largest absolute Gasteiger partial charge is 0.404 e.